The van der Waals surface area contributed by atoms with Crippen LogP contribution in [-0.4, -0.2) is 4.57 Å². The summed E-state index contributed by atoms with van der Waals surface area (Å²) >= 11 is 1.87. The lowest BCUT2D eigenvalue weighted by atomic mass is 10.0. The van der Waals surface area contributed by atoms with E-state index in [4.69, 9.17) is 0 Å². The van der Waals surface area contributed by atoms with Crippen molar-refractivity contribution in [2.24, 2.45) is 0 Å². The Kier molecular flexibility index (Phi) is 3.21. The van der Waals surface area contributed by atoms with E-state index in [9.17, 15) is 0 Å². The monoisotopic (exact) mass is 399 g/mol. The van der Waals surface area contributed by atoms with E-state index in [1.165, 1.54) is 58.4 Å². The number of benzene rings is 5. The summed E-state index contributed by atoms with van der Waals surface area (Å²) in [6.07, 6.45) is 0. The Morgan fingerprint density at radius 3 is 2.17 bits per heavy atom. The number of hydrogen-bond acceptors (Lipinski definition) is 1. The van der Waals surface area contributed by atoms with Gasteiger partial charge in [0.2, 0.25) is 0 Å². The van der Waals surface area contributed by atoms with Crippen molar-refractivity contribution in [3.05, 3.63) is 103 Å². The minimum atomic E-state index is 1.22. The Morgan fingerprint density at radius 1 is 0.500 bits per heavy atom. The quantitative estimate of drug-likeness (QED) is 0.262. The Labute approximate surface area is 177 Å². The van der Waals surface area contributed by atoms with Gasteiger partial charge >= 0.3 is 0 Å². The van der Waals surface area contributed by atoms with E-state index in [1.54, 1.807) is 0 Å². The van der Waals surface area contributed by atoms with Crippen LogP contribution in [0.25, 0.3) is 58.4 Å². The molecule has 0 aliphatic heterocycles. The predicted molar refractivity (Wildman–Crippen MR) is 131 cm³/mol. The first kappa shape index (κ1) is 16.2. The molecule has 0 saturated heterocycles. The maximum absolute atomic E-state index is 2.42. The van der Waals surface area contributed by atoms with Crippen LogP contribution in [0.3, 0.4) is 0 Å². The maximum atomic E-state index is 2.42. The lowest BCUT2D eigenvalue weighted by Crippen LogP contribution is -1.93. The van der Waals surface area contributed by atoms with Crippen LogP contribution in [0.4, 0.5) is 0 Å². The van der Waals surface area contributed by atoms with E-state index >= 15 is 0 Å². The molecule has 7 rings (SSSR count). The van der Waals surface area contributed by atoms with Crippen molar-refractivity contribution < 1.29 is 0 Å². The number of para-hydroxylation sites is 1. The summed E-state index contributed by atoms with van der Waals surface area (Å²) in [7, 11) is 0. The smallest absolute Gasteiger partial charge is 0.0547 e. The molecule has 0 spiro atoms. The number of fused-ring (bicyclic) bond motifs is 8. The Balaban J connectivity index is 1.65. The molecule has 5 aromatic carbocycles. The average Bonchev–Trinajstić information content (AvgIpc) is 3.34. The third-order valence-corrected chi connectivity index (χ3v) is 7.33. The normalized spacial score (nSPS) is 12.0. The van der Waals surface area contributed by atoms with Crippen molar-refractivity contribution in [2.45, 2.75) is 0 Å². The molecule has 0 radical (unpaired) electrons. The first-order chi connectivity index (χ1) is 14.9. The van der Waals surface area contributed by atoms with Gasteiger partial charge in [0.25, 0.3) is 0 Å². The third kappa shape index (κ3) is 2.11. The largest absolute Gasteiger partial charge is 0.309 e. The van der Waals surface area contributed by atoms with Crippen LogP contribution in [0.15, 0.2) is 103 Å². The van der Waals surface area contributed by atoms with Gasteiger partial charge in [-0.2, -0.15) is 0 Å². The number of thiophene rings is 1. The number of hydrogen-bond donors (Lipinski definition) is 0. The molecule has 7 aromatic rings. The van der Waals surface area contributed by atoms with Crippen molar-refractivity contribution in [1.82, 2.24) is 4.57 Å². The van der Waals surface area contributed by atoms with Gasteiger partial charge in [-0.3, -0.25) is 0 Å². The molecule has 1 nitrogen and oxygen atoms in total. The van der Waals surface area contributed by atoms with Crippen molar-refractivity contribution in [2.75, 3.05) is 0 Å². The average molecular weight is 400 g/mol. The highest BCUT2D eigenvalue weighted by molar-refractivity contribution is 7.25. The highest BCUT2D eigenvalue weighted by Crippen LogP contribution is 2.39. The van der Waals surface area contributed by atoms with Crippen LogP contribution in [0.2, 0.25) is 0 Å². The van der Waals surface area contributed by atoms with E-state index in [2.05, 4.69) is 108 Å². The number of aromatic nitrogens is 1. The van der Waals surface area contributed by atoms with Crippen LogP contribution in [0, 0.1) is 0 Å². The van der Waals surface area contributed by atoms with Gasteiger partial charge in [-0.15, -0.1) is 11.3 Å². The Hall–Kier alpha value is -3.62. The van der Waals surface area contributed by atoms with Crippen LogP contribution in [0.1, 0.15) is 0 Å². The summed E-state index contributed by atoms with van der Waals surface area (Å²) in [4.78, 5) is 0. The Morgan fingerprint density at radius 2 is 1.23 bits per heavy atom. The minimum absolute atomic E-state index is 1.22. The van der Waals surface area contributed by atoms with E-state index in [0.29, 0.717) is 0 Å². The SMILES string of the molecule is c1ccc2c(c1)ccc1c2c2ccccc2n1-c1ccc2sc3ccccc3c2c1. The molecule has 0 fully saturated rings. The van der Waals surface area contributed by atoms with Crippen molar-refractivity contribution in [3.8, 4) is 5.69 Å². The molecule has 0 unspecified atom stereocenters. The van der Waals surface area contributed by atoms with E-state index in [1.807, 2.05) is 11.3 Å². The fourth-order valence-corrected chi connectivity index (χ4v) is 5.96. The summed E-state index contributed by atoms with van der Waals surface area (Å²) in [5.74, 6) is 0. The highest BCUT2D eigenvalue weighted by Gasteiger charge is 2.15. The second-order valence-corrected chi connectivity index (χ2v) is 8.90. The molecule has 0 N–H and O–H groups in total. The van der Waals surface area contributed by atoms with Crippen molar-refractivity contribution >= 4 is 64.1 Å². The third-order valence-electron chi connectivity index (χ3n) is 6.18. The molecule has 0 bridgehead atoms. The van der Waals surface area contributed by atoms with E-state index in [0.717, 1.165) is 0 Å². The van der Waals surface area contributed by atoms with Crippen molar-refractivity contribution in [3.63, 3.8) is 0 Å². The molecule has 2 aromatic heterocycles. The van der Waals surface area contributed by atoms with Gasteiger partial charge in [0.15, 0.2) is 0 Å². The molecule has 0 saturated carbocycles. The van der Waals surface area contributed by atoms with E-state index in [-0.39, 0.29) is 0 Å². The molecular weight excluding hydrogens is 382 g/mol. The standard InChI is InChI=1S/C28H17NS/c1-2-8-20-18(7-1)13-15-25-28(20)22-10-3-5-11-24(22)29(25)19-14-16-27-23(17-19)21-9-4-6-12-26(21)30-27/h1-17H. The summed E-state index contributed by atoms with van der Waals surface area (Å²) < 4.78 is 5.10. The van der Waals surface area contributed by atoms with Gasteiger partial charge in [0, 0.05) is 36.6 Å². The molecule has 30 heavy (non-hydrogen) atoms. The zero-order valence-corrected chi connectivity index (χ0v) is 17.0. The van der Waals surface area contributed by atoms with Crippen LogP contribution in [-0.2, 0) is 0 Å². The van der Waals surface area contributed by atoms with Gasteiger partial charge in [0.1, 0.15) is 0 Å². The van der Waals surface area contributed by atoms with Crippen LogP contribution in [0.5, 0.6) is 0 Å². The molecule has 2 heterocycles. The fraction of sp³-hybridized carbons (Fsp3) is 0. The second kappa shape index (κ2) is 5.94. The van der Waals surface area contributed by atoms with Gasteiger partial charge < -0.3 is 4.57 Å². The first-order valence-electron chi connectivity index (χ1n) is 10.2. The zero-order chi connectivity index (χ0) is 19.7. The summed E-state index contributed by atoms with van der Waals surface area (Å²) in [5.41, 5.74) is 3.73. The molecular formula is C28H17NS. The van der Waals surface area contributed by atoms with Crippen molar-refractivity contribution in [1.29, 1.82) is 0 Å². The topological polar surface area (TPSA) is 4.93 Å². The lowest BCUT2D eigenvalue weighted by Gasteiger charge is -2.09. The molecule has 0 atom stereocenters. The summed E-state index contributed by atoms with van der Waals surface area (Å²) in [5, 5.41) is 7.91. The summed E-state index contributed by atoms with van der Waals surface area (Å²) in [6, 6.07) is 37.6. The first-order valence-corrected chi connectivity index (χ1v) is 11.0. The molecule has 0 aliphatic carbocycles. The summed E-state index contributed by atoms with van der Waals surface area (Å²) in [6.45, 7) is 0. The Bertz CT molecular complexity index is 1750. The molecule has 0 amide bonds. The van der Waals surface area contributed by atoms with Gasteiger partial charge in [-0.1, -0.05) is 66.7 Å². The molecule has 0 aliphatic rings. The van der Waals surface area contributed by atoms with Gasteiger partial charge in [0.05, 0.1) is 11.0 Å². The van der Waals surface area contributed by atoms with Crippen LogP contribution >= 0.6 is 11.3 Å². The number of nitrogens with zero attached hydrogens (tertiary/aromatic N) is 1. The minimum Gasteiger partial charge on any atom is -0.309 e. The maximum Gasteiger partial charge on any atom is 0.0547 e. The fourth-order valence-electron chi connectivity index (χ4n) is 4.87. The van der Waals surface area contributed by atoms with Gasteiger partial charge in [-0.05, 0) is 47.2 Å². The predicted octanol–water partition coefficient (Wildman–Crippen LogP) is 8.30. The van der Waals surface area contributed by atoms with Crippen LogP contribution < -0.4 is 0 Å². The lowest BCUT2D eigenvalue weighted by molar-refractivity contribution is 1.19. The molecule has 140 valence electrons. The molecule has 2 heteroatoms. The highest BCUT2D eigenvalue weighted by atomic mass is 32.1. The second-order valence-electron chi connectivity index (χ2n) is 7.81. The van der Waals surface area contributed by atoms with E-state index < -0.39 is 0 Å². The number of rotatable bonds is 1. The zero-order valence-electron chi connectivity index (χ0n) is 16.2. The van der Waals surface area contributed by atoms with Gasteiger partial charge in [-0.25, -0.2) is 0 Å².